The van der Waals surface area contributed by atoms with E-state index in [-0.39, 0.29) is 23.7 Å². The molecular formula is C23H26N7O5P. The fraction of sp³-hybridized carbons (Fsp3) is 0.391. The molecule has 5 rings (SSSR count). The van der Waals surface area contributed by atoms with Crippen LogP contribution >= 0.6 is 8.61 Å². The number of rotatable bonds is 11. The van der Waals surface area contributed by atoms with E-state index in [2.05, 4.69) is 32.4 Å². The number of aromatic nitrogens is 4. The number of imidazole rings is 1. The number of allylic oxidation sites excluding steroid dienone is 1. The molecule has 0 radical (unpaired) electrons. The van der Waals surface area contributed by atoms with Gasteiger partial charge in [0.1, 0.15) is 0 Å². The van der Waals surface area contributed by atoms with Crippen LogP contribution in [-0.2, 0) is 9.36 Å². The minimum atomic E-state index is -1.16. The Balaban J connectivity index is 1.25. The maximum atomic E-state index is 11.4. The summed E-state index contributed by atoms with van der Waals surface area (Å²) >= 11 is 0. The second-order valence-electron chi connectivity index (χ2n) is 8.87. The van der Waals surface area contributed by atoms with E-state index < -0.39 is 20.6 Å². The van der Waals surface area contributed by atoms with E-state index in [1.165, 1.54) is 6.92 Å². The lowest BCUT2D eigenvalue weighted by atomic mass is 10.1. The normalized spacial score (nSPS) is 20.2. The van der Waals surface area contributed by atoms with Crippen molar-refractivity contribution in [3.63, 3.8) is 0 Å². The first kappa shape index (κ1) is 24.0. The number of nitrogen functional groups attached to an aromatic ring is 1. The molecule has 188 valence electrons. The Hall–Kier alpha value is -3.76. The highest BCUT2D eigenvalue weighted by molar-refractivity contribution is 7.20. The van der Waals surface area contributed by atoms with Gasteiger partial charge in [0, 0.05) is 12.0 Å². The summed E-state index contributed by atoms with van der Waals surface area (Å²) < 4.78 is 19.4. The number of hydrogen-bond acceptors (Lipinski definition) is 9. The number of nitrogens with zero attached hydrogens (tertiary/aromatic N) is 5. The van der Waals surface area contributed by atoms with E-state index in [9.17, 15) is 14.5 Å². The van der Waals surface area contributed by atoms with Crippen molar-refractivity contribution in [2.45, 2.75) is 44.3 Å². The van der Waals surface area contributed by atoms with Gasteiger partial charge in [0.25, 0.3) is 8.61 Å². The number of ether oxygens (including phenoxy) is 1. The molecule has 3 aromatic rings. The van der Waals surface area contributed by atoms with Crippen LogP contribution in [0.25, 0.3) is 11.2 Å². The van der Waals surface area contributed by atoms with E-state index in [1.54, 1.807) is 30.6 Å². The molecule has 13 heteroatoms. The molecule has 36 heavy (non-hydrogen) atoms. The predicted molar refractivity (Wildman–Crippen MR) is 132 cm³/mol. The van der Waals surface area contributed by atoms with Gasteiger partial charge in [-0.1, -0.05) is 24.3 Å². The van der Waals surface area contributed by atoms with Gasteiger partial charge in [-0.15, -0.1) is 0 Å². The molecule has 1 saturated carbocycles. The average Bonchev–Trinajstić information content (AvgIpc) is 3.38. The molecule has 4 N–H and O–H groups in total. The van der Waals surface area contributed by atoms with Crippen LogP contribution in [0.3, 0.4) is 0 Å². The van der Waals surface area contributed by atoms with E-state index in [1.807, 2.05) is 4.57 Å². The molecule has 2 aliphatic rings. The molecule has 0 aliphatic heterocycles. The molecule has 0 saturated heterocycles. The maximum absolute atomic E-state index is 11.4. The van der Waals surface area contributed by atoms with Crippen molar-refractivity contribution in [3.05, 3.63) is 42.7 Å². The number of benzene rings is 1. The lowest BCUT2D eigenvalue weighted by molar-refractivity contribution is -0.147. The minimum Gasteiger partial charge on any atom is -0.489 e. The van der Waals surface area contributed by atoms with Crippen molar-refractivity contribution < 1.29 is 24.0 Å². The van der Waals surface area contributed by atoms with Crippen LogP contribution in [0.15, 0.2) is 42.7 Å². The number of aliphatic carboxylic acids is 1. The number of hydrogen-bond donors (Lipinski definition) is 3. The summed E-state index contributed by atoms with van der Waals surface area (Å²) in [5, 5.41) is 12.6. The van der Waals surface area contributed by atoms with Gasteiger partial charge in [-0.25, -0.2) is 4.98 Å². The standard InChI is InChI=1S/C23H26N7O5P/c1-13(22(31)32)30(36-33)35-18-5-3-2-4-17(18)34-11-14-6-9-16(10-14)29-12-25-19-20(26-15-7-8-15)27-23(24)28-21(19)29/h2-6,9,12-16H,7-8,10-11H2,1H3,(H,31,32)(H3,24,26,27,28)/t13?,14?,16-/m0/s1. The van der Waals surface area contributed by atoms with E-state index >= 15 is 0 Å². The molecule has 1 fully saturated rings. The van der Waals surface area contributed by atoms with Gasteiger partial charge in [0.2, 0.25) is 5.95 Å². The molecular weight excluding hydrogens is 485 g/mol. The van der Waals surface area contributed by atoms with Crippen LogP contribution in [0.4, 0.5) is 11.8 Å². The summed E-state index contributed by atoms with van der Waals surface area (Å²) in [6.45, 7) is 1.75. The molecule has 12 nitrogen and oxygen atoms in total. The number of para-hydroxylation sites is 2. The van der Waals surface area contributed by atoms with Crippen molar-refractivity contribution >= 4 is 37.5 Å². The van der Waals surface area contributed by atoms with E-state index in [0.29, 0.717) is 35.4 Å². The molecule has 0 bridgehead atoms. The summed E-state index contributed by atoms with van der Waals surface area (Å²) in [7, 11) is -0.575. The van der Waals surface area contributed by atoms with Crippen molar-refractivity contribution in [1.29, 1.82) is 0 Å². The first-order valence-corrected chi connectivity index (χ1v) is 12.4. The highest BCUT2D eigenvalue weighted by atomic mass is 31.1. The van der Waals surface area contributed by atoms with Crippen molar-refractivity contribution in [2.24, 2.45) is 5.92 Å². The Bertz CT molecular complexity index is 1310. The number of nitrogens with two attached hydrogens (primary N) is 1. The first-order valence-electron chi connectivity index (χ1n) is 11.6. The monoisotopic (exact) mass is 511 g/mol. The van der Waals surface area contributed by atoms with Crippen molar-refractivity contribution in [3.8, 4) is 11.5 Å². The number of nitrogens with one attached hydrogen (secondary N) is 1. The van der Waals surface area contributed by atoms with E-state index in [4.69, 9.17) is 15.3 Å². The lowest BCUT2D eigenvalue weighted by Gasteiger charge is -2.21. The van der Waals surface area contributed by atoms with Gasteiger partial charge in [0.15, 0.2) is 34.5 Å². The zero-order valence-electron chi connectivity index (χ0n) is 19.5. The van der Waals surface area contributed by atoms with Gasteiger partial charge in [-0.05, 0) is 43.2 Å². The molecule has 2 aromatic heterocycles. The molecule has 0 spiro atoms. The third-order valence-corrected chi connectivity index (χ3v) is 6.72. The maximum Gasteiger partial charge on any atom is 0.325 e. The molecule has 2 unspecified atom stereocenters. The average molecular weight is 511 g/mol. The summed E-state index contributed by atoms with van der Waals surface area (Å²) in [5.74, 6) is 0.514. The molecule has 3 atom stereocenters. The number of carboxylic acids is 1. The van der Waals surface area contributed by atoms with Gasteiger partial charge in [-0.3, -0.25) is 9.36 Å². The largest absolute Gasteiger partial charge is 0.489 e. The summed E-state index contributed by atoms with van der Waals surface area (Å²) in [6.07, 6.45) is 8.93. The fourth-order valence-corrected chi connectivity index (χ4v) is 4.35. The SMILES string of the molecule is CC(C(=O)O)N(Oc1ccccc1OCC1C=C[C@H](n2cnc3c(NC4CC4)nc(N)nc32)C1)P=O. The Morgan fingerprint density at radius 2 is 2.08 bits per heavy atom. The third-order valence-electron chi connectivity index (χ3n) is 6.13. The summed E-state index contributed by atoms with van der Waals surface area (Å²) in [6, 6.07) is 6.19. The molecule has 2 heterocycles. The Kier molecular flexibility index (Phi) is 6.71. The summed E-state index contributed by atoms with van der Waals surface area (Å²) in [4.78, 5) is 30.9. The number of anilines is 2. The minimum absolute atomic E-state index is 0.0318. The summed E-state index contributed by atoms with van der Waals surface area (Å²) in [5.41, 5.74) is 7.36. The molecule has 0 amide bonds. The van der Waals surface area contributed by atoms with Gasteiger partial charge in [-0.2, -0.15) is 9.97 Å². The smallest absolute Gasteiger partial charge is 0.325 e. The predicted octanol–water partition coefficient (Wildman–Crippen LogP) is 3.45. The van der Waals surface area contributed by atoms with Gasteiger partial charge >= 0.3 is 5.97 Å². The van der Waals surface area contributed by atoms with Crippen LogP contribution in [0, 0.1) is 5.92 Å². The number of carboxylic acid groups (broad SMARTS) is 1. The quantitative estimate of drug-likeness (QED) is 0.197. The van der Waals surface area contributed by atoms with Crippen LogP contribution in [0.1, 0.15) is 32.2 Å². The van der Waals surface area contributed by atoms with E-state index in [0.717, 1.165) is 24.1 Å². The van der Waals surface area contributed by atoms with Crippen LogP contribution in [0.5, 0.6) is 11.5 Å². The number of hydroxylamine groups is 1. The Labute approximate surface area is 208 Å². The van der Waals surface area contributed by atoms with Crippen LogP contribution in [0.2, 0.25) is 0 Å². The highest BCUT2D eigenvalue weighted by Crippen LogP contribution is 2.35. The van der Waals surface area contributed by atoms with Crippen LogP contribution < -0.4 is 20.6 Å². The van der Waals surface area contributed by atoms with Gasteiger partial charge < -0.3 is 30.3 Å². The fourth-order valence-electron chi connectivity index (χ4n) is 3.98. The van der Waals surface area contributed by atoms with Gasteiger partial charge in [0.05, 0.1) is 19.0 Å². The Morgan fingerprint density at radius 3 is 2.81 bits per heavy atom. The zero-order valence-corrected chi connectivity index (χ0v) is 20.4. The van der Waals surface area contributed by atoms with Crippen molar-refractivity contribution in [1.82, 2.24) is 24.4 Å². The number of carbonyl (C=O) groups is 1. The van der Waals surface area contributed by atoms with Crippen molar-refractivity contribution in [2.75, 3.05) is 17.7 Å². The Morgan fingerprint density at radius 1 is 1.31 bits per heavy atom. The molecule has 1 aromatic carbocycles. The topological polar surface area (TPSA) is 158 Å². The first-order chi connectivity index (χ1) is 17.4. The zero-order chi connectivity index (χ0) is 25.2. The second kappa shape index (κ2) is 10.1. The highest BCUT2D eigenvalue weighted by Gasteiger charge is 2.28. The van der Waals surface area contributed by atoms with Crippen LogP contribution in [-0.4, -0.2) is 54.1 Å². The molecule has 2 aliphatic carbocycles. The number of fused-ring (bicyclic) bond motifs is 1. The lowest BCUT2D eigenvalue weighted by Crippen LogP contribution is -2.34. The third kappa shape index (κ3) is 5.09. The second-order valence-corrected chi connectivity index (χ2v) is 9.43.